The number of aromatic carboxylic acids is 1. The average Bonchev–Trinajstić information content (AvgIpc) is 3.73. The van der Waals surface area contributed by atoms with Gasteiger partial charge in [-0.3, -0.25) is 0 Å². The Morgan fingerprint density at radius 1 is 1.17 bits per heavy atom. The van der Waals surface area contributed by atoms with E-state index in [4.69, 9.17) is 8.85 Å². The van der Waals surface area contributed by atoms with Gasteiger partial charge in [0.15, 0.2) is 0 Å². The average molecular weight is 618 g/mol. The van der Waals surface area contributed by atoms with Gasteiger partial charge in [-0.15, -0.1) is 12.4 Å². The second-order valence-electron chi connectivity index (χ2n) is 11.5. The smallest absolute Gasteiger partial charge is 0.335 e. The maximum absolute atomic E-state index is 13.3. The van der Waals surface area contributed by atoms with E-state index in [2.05, 4.69) is 20.0 Å². The molecular weight excluding hydrogens is 576 g/mol. The molecule has 3 N–H and O–H groups in total. The number of benzene rings is 2. The molecule has 2 atom stereocenters. The second kappa shape index (κ2) is 12.6. The van der Waals surface area contributed by atoms with Gasteiger partial charge in [-0.1, -0.05) is 38.1 Å². The Morgan fingerprint density at radius 2 is 1.86 bits per heavy atom. The molecule has 2 fully saturated rings. The fourth-order valence-corrected chi connectivity index (χ4v) is 6.21. The third-order valence-corrected chi connectivity index (χ3v) is 8.73. The van der Waals surface area contributed by atoms with Crippen molar-refractivity contribution in [3.8, 4) is 17.1 Å². The maximum Gasteiger partial charge on any atom is 0.335 e. The van der Waals surface area contributed by atoms with E-state index >= 15 is 0 Å². The third-order valence-electron chi connectivity index (χ3n) is 7.41. The Hall–Kier alpha value is -3.21. The van der Waals surface area contributed by atoms with Crippen molar-refractivity contribution in [2.45, 2.75) is 76.7 Å². The van der Waals surface area contributed by atoms with Crippen LogP contribution < -0.4 is 14.8 Å². The molecule has 1 aromatic heterocycles. The molecule has 1 heterocycles. The standard InChI is InChI=1S/C31H38N4O5S.ClH/c1-19(2)13-23(32-24-16-31(17-24)11-12-31)18-40-27-15-26(28-20(3)7-5-8-21(28)4)33-30(34-27)35-41(38,39)25-10-6-9-22(14-25)29(36)37;/h5-10,14-15,19,23-24,32H,11-13,16-18H2,1-4H3,(H,36,37)(H,33,34,35);1H/t23-;/m1./s1/i16D2,24D;/t23-,24?;. The highest BCUT2D eigenvalue weighted by molar-refractivity contribution is 7.92. The second-order valence-corrected chi connectivity index (χ2v) is 13.1. The lowest BCUT2D eigenvalue weighted by molar-refractivity contribution is 0.0696. The van der Waals surface area contributed by atoms with Crippen LogP contribution in [-0.4, -0.2) is 48.1 Å². The summed E-state index contributed by atoms with van der Waals surface area (Å²) in [5.41, 5.74) is 2.46. The number of halogens is 1. The van der Waals surface area contributed by atoms with E-state index in [1.165, 1.54) is 18.2 Å². The van der Waals surface area contributed by atoms with Crippen molar-refractivity contribution in [2.24, 2.45) is 11.3 Å². The third kappa shape index (κ3) is 7.40. The number of nitrogens with one attached hydrogen (secondary N) is 2. The minimum Gasteiger partial charge on any atom is -0.478 e. The number of carboxylic acids is 1. The molecule has 2 aromatic carbocycles. The van der Waals surface area contributed by atoms with E-state index in [0.717, 1.165) is 35.6 Å². The SMILES string of the molecule is Cl.[2H]C1(N[C@@H](COc2cc(-c3c(C)cccc3C)nc(NS(=O)(=O)c3cccc(C(=O)O)c3)n2)CC(C)C)CC2(CC2)C1([2H])[2H]. The van der Waals surface area contributed by atoms with E-state index < -0.39 is 33.8 Å². The van der Waals surface area contributed by atoms with Gasteiger partial charge in [0.25, 0.3) is 10.0 Å². The summed E-state index contributed by atoms with van der Waals surface area (Å²) in [6, 6.07) is 10.6. The van der Waals surface area contributed by atoms with Crippen molar-refractivity contribution in [1.29, 1.82) is 0 Å². The molecule has 0 saturated heterocycles. The van der Waals surface area contributed by atoms with Gasteiger partial charge in [0.1, 0.15) is 6.61 Å². The van der Waals surface area contributed by atoms with Crippen molar-refractivity contribution < 1.29 is 27.2 Å². The number of nitrogens with zero attached hydrogens (tertiary/aromatic N) is 2. The topological polar surface area (TPSA) is 131 Å². The molecule has 9 nitrogen and oxygen atoms in total. The Bertz CT molecular complexity index is 1680. The number of carbonyl (C=O) groups is 1. The summed E-state index contributed by atoms with van der Waals surface area (Å²) in [4.78, 5) is 20.0. The van der Waals surface area contributed by atoms with Gasteiger partial charge < -0.3 is 15.2 Å². The molecule has 2 saturated carbocycles. The zero-order valence-electron chi connectivity index (χ0n) is 27.1. The molecule has 2 aliphatic carbocycles. The summed E-state index contributed by atoms with van der Waals surface area (Å²) in [7, 11) is -4.26. The minimum atomic E-state index is -4.26. The number of carboxylic acid groups (broad SMARTS) is 1. The molecule has 226 valence electrons. The number of hydrogen-bond donors (Lipinski definition) is 3. The molecule has 3 aromatic rings. The van der Waals surface area contributed by atoms with Crippen LogP contribution in [0, 0.1) is 25.2 Å². The van der Waals surface area contributed by atoms with Crippen molar-refractivity contribution >= 4 is 34.3 Å². The first-order valence-corrected chi connectivity index (χ1v) is 15.3. The summed E-state index contributed by atoms with van der Waals surface area (Å²) in [5, 5.41) is 12.6. The number of sulfonamides is 1. The van der Waals surface area contributed by atoms with Crippen molar-refractivity contribution in [3.63, 3.8) is 0 Å². The van der Waals surface area contributed by atoms with Crippen LogP contribution in [0.5, 0.6) is 5.88 Å². The van der Waals surface area contributed by atoms with Crippen LogP contribution in [0.4, 0.5) is 5.95 Å². The molecule has 1 unspecified atom stereocenters. The number of ether oxygens (including phenoxy) is 1. The van der Waals surface area contributed by atoms with Gasteiger partial charge in [0.2, 0.25) is 11.8 Å². The number of aryl methyl sites for hydroxylation is 2. The molecule has 1 spiro atoms. The van der Waals surface area contributed by atoms with Crippen LogP contribution in [0.25, 0.3) is 11.3 Å². The van der Waals surface area contributed by atoms with Crippen LogP contribution in [0.15, 0.2) is 53.4 Å². The molecule has 11 heteroatoms. The van der Waals surface area contributed by atoms with E-state index in [9.17, 15) is 18.3 Å². The van der Waals surface area contributed by atoms with Gasteiger partial charge in [0, 0.05) is 27.8 Å². The zero-order chi connectivity index (χ0) is 32.1. The van der Waals surface area contributed by atoms with E-state index in [1.807, 2.05) is 45.9 Å². The fourth-order valence-electron chi connectivity index (χ4n) is 5.22. The molecule has 2 aliphatic rings. The Kier molecular flexibility index (Phi) is 8.26. The quantitative estimate of drug-likeness (QED) is 0.225. The number of hydrogen-bond acceptors (Lipinski definition) is 7. The van der Waals surface area contributed by atoms with Crippen LogP contribution in [0.3, 0.4) is 0 Å². The first-order valence-electron chi connectivity index (χ1n) is 15.3. The van der Waals surface area contributed by atoms with Gasteiger partial charge in [-0.25, -0.2) is 22.9 Å². The van der Waals surface area contributed by atoms with Gasteiger partial charge in [0.05, 0.1) is 16.2 Å². The van der Waals surface area contributed by atoms with Crippen molar-refractivity contribution in [1.82, 2.24) is 15.3 Å². The fraction of sp³-hybridized carbons (Fsp3) is 0.452. The zero-order valence-corrected chi connectivity index (χ0v) is 25.7. The van der Waals surface area contributed by atoms with Gasteiger partial charge >= 0.3 is 5.97 Å². The van der Waals surface area contributed by atoms with Crippen LogP contribution in [-0.2, 0) is 10.0 Å². The van der Waals surface area contributed by atoms with E-state index in [1.54, 1.807) is 6.07 Å². The lowest BCUT2D eigenvalue weighted by Crippen LogP contribution is -2.49. The highest BCUT2D eigenvalue weighted by atomic mass is 35.5. The molecule has 0 aliphatic heterocycles. The maximum atomic E-state index is 13.3. The summed E-state index contributed by atoms with van der Waals surface area (Å²) in [6.45, 7) is 7.99. The predicted molar refractivity (Wildman–Crippen MR) is 165 cm³/mol. The molecule has 0 radical (unpaired) electrons. The lowest BCUT2D eigenvalue weighted by Gasteiger charge is -2.39. The highest BCUT2D eigenvalue weighted by Gasteiger charge is 2.53. The largest absolute Gasteiger partial charge is 0.478 e. The molecule has 5 rings (SSSR count). The monoisotopic (exact) mass is 617 g/mol. The molecule has 0 amide bonds. The van der Waals surface area contributed by atoms with Gasteiger partial charge in [-0.05, 0) is 86.6 Å². The first kappa shape index (κ1) is 27.6. The van der Waals surface area contributed by atoms with E-state index in [0.29, 0.717) is 18.5 Å². The van der Waals surface area contributed by atoms with E-state index in [-0.39, 0.29) is 53.3 Å². The molecular formula is C31H39ClN4O5S. The summed E-state index contributed by atoms with van der Waals surface area (Å²) in [6.07, 6.45) is 1.02. The summed E-state index contributed by atoms with van der Waals surface area (Å²) < 4.78 is 61.2. The number of aromatic nitrogens is 2. The predicted octanol–water partition coefficient (Wildman–Crippen LogP) is 6.01. The Labute approximate surface area is 258 Å². The molecule has 42 heavy (non-hydrogen) atoms. The number of anilines is 1. The lowest BCUT2D eigenvalue weighted by atomic mass is 9.76. The summed E-state index contributed by atoms with van der Waals surface area (Å²) in [5.74, 6) is -1.18. The Balaban J connectivity index is 0.00000461. The van der Waals surface area contributed by atoms with Crippen LogP contribution >= 0.6 is 12.4 Å². The Morgan fingerprint density at radius 3 is 2.48 bits per heavy atom. The van der Waals surface area contributed by atoms with Crippen LogP contribution in [0.1, 0.15) is 71.5 Å². The minimum absolute atomic E-state index is 0. The van der Waals surface area contributed by atoms with Gasteiger partial charge in [-0.2, -0.15) is 4.98 Å². The van der Waals surface area contributed by atoms with Crippen LogP contribution in [0.2, 0.25) is 0 Å². The highest BCUT2D eigenvalue weighted by Crippen LogP contribution is 2.60. The first-order chi connectivity index (χ1) is 20.6. The van der Waals surface area contributed by atoms with Crippen molar-refractivity contribution in [2.75, 3.05) is 11.3 Å². The normalized spacial score (nSPS) is 21.7. The number of rotatable bonds is 12. The summed E-state index contributed by atoms with van der Waals surface area (Å²) >= 11 is 0. The molecule has 0 bridgehead atoms. The van der Waals surface area contributed by atoms with Crippen molar-refractivity contribution in [3.05, 3.63) is 65.2 Å².